The summed E-state index contributed by atoms with van der Waals surface area (Å²) in [6, 6.07) is 15.0. The summed E-state index contributed by atoms with van der Waals surface area (Å²) in [5.74, 6) is 0. The molecule has 0 radical (unpaired) electrons. The second kappa shape index (κ2) is 6.25. The van der Waals surface area contributed by atoms with Crippen LogP contribution in [0.5, 0.6) is 0 Å². The van der Waals surface area contributed by atoms with Gasteiger partial charge in [-0.05, 0) is 54.8 Å². The molecule has 3 rings (SSSR count). The molecule has 1 heterocycles. The third-order valence-electron chi connectivity index (χ3n) is 4.12. The summed E-state index contributed by atoms with van der Waals surface area (Å²) in [5.41, 5.74) is 7.16. The molecule has 0 aliphatic carbocycles. The van der Waals surface area contributed by atoms with E-state index in [1.807, 2.05) is 6.20 Å². The number of nitrogens with zero attached hydrogens (tertiary/aromatic N) is 2. The summed E-state index contributed by atoms with van der Waals surface area (Å²) < 4.78 is 0. The van der Waals surface area contributed by atoms with Gasteiger partial charge in [-0.15, -0.1) is 0 Å². The number of hydrogen-bond acceptors (Lipinski definition) is 2. The Kier molecular flexibility index (Phi) is 4.16. The van der Waals surface area contributed by atoms with Crippen LogP contribution in [0, 0.1) is 13.8 Å². The smallest absolute Gasteiger partial charge is 0.0708 e. The van der Waals surface area contributed by atoms with Crippen LogP contribution in [0.15, 0.2) is 48.7 Å². The van der Waals surface area contributed by atoms with E-state index in [0.29, 0.717) is 0 Å². The second-order valence-electron chi connectivity index (χ2n) is 6.19. The van der Waals surface area contributed by atoms with Crippen molar-refractivity contribution < 1.29 is 0 Å². The summed E-state index contributed by atoms with van der Waals surface area (Å²) >= 11 is 0. The molecular weight excluding hydrogens is 280 g/mol. The Hall–Kier alpha value is -2.61. The van der Waals surface area contributed by atoms with Crippen LogP contribution in [-0.2, 0) is 0 Å². The zero-order valence-corrected chi connectivity index (χ0v) is 14.2. The molecule has 2 heteroatoms. The number of pyridine rings is 1. The molecule has 23 heavy (non-hydrogen) atoms. The molecule has 0 unspecified atom stereocenters. The lowest BCUT2D eigenvalue weighted by atomic mass is 10.0. The van der Waals surface area contributed by atoms with E-state index in [1.165, 1.54) is 33.3 Å². The van der Waals surface area contributed by atoms with E-state index in [-0.39, 0.29) is 0 Å². The summed E-state index contributed by atoms with van der Waals surface area (Å²) in [6.45, 7) is 4.23. The third-order valence-corrected chi connectivity index (χ3v) is 4.12. The molecule has 0 atom stereocenters. The van der Waals surface area contributed by atoms with Crippen LogP contribution in [0.4, 0.5) is 5.69 Å². The minimum absolute atomic E-state index is 1.05. The van der Waals surface area contributed by atoms with E-state index in [9.17, 15) is 0 Å². The van der Waals surface area contributed by atoms with Crippen LogP contribution >= 0.6 is 0 Å². The number of rotatable bonds is 3. The van der Waals surface area contributed by atoms with Crippen molar-refractivity contribution in [2.24, 2.45) is 0 Å². The fourth-order valence-corrected chi connectivity index (χ4v) is 2.71. The van der Waals surface area contributed by atoms with Gasteiger partial charge in [-0.25, -0.2) is 0 Å². The summed E-state index contributed by atoms with van der Waals surface area (Å²) in [6.07, 6.45) is 6.32. The van der Waals surface area contributed by atoms with E-state index in [0.717, 1.165) is 5.52 Å². The van der Waals surface area contributed by atoms with Gasteiger partial charge in [0.2, 0.25) is 0 Å². The Morgan fingerprint density at radius 3 is 2.35 bits per heavy atom. The minimum atomic E-state index is 1.05. The first kappa shape index (κ1) is 15.3. The predicted molar refractivity (Wildman–Crippen MR) is 101 cm³/mol. The van der Waals surface area contributed by atoms with Crippen LogP contribution in [0.3, 0.4) is 0 Å². The first-order valence-corrected chi connectivity index (χ1v) is 7.86. The molecule has 0 saturated heterocycles. The molecule has 2 nitrogen and oxygen atoms in total. The number of benzene rings is 2. The fourth-order valence-electron chi connectivity index (χ4n) is 2.71. The third kappa shape index (κ3) is 3.26. The van der Waals surface area contributed by atoms with Crippen LogP contribution in [0.1, 0.15) is 22.3 Å². The average Bonchev–Trinajstić information content (AvgIpc) is 2.54. The number of aryl methyl sites for hydroxylation is 2. The van der Waals surface area contributed by atoms with Gasteiger partial charge in [0.05, 0.1) is 5.52 Å². The molecule has 0 N–H and O–H groups in total. The van der Waals surface area contributed by atoms with Gasteiger partial charge in [-0.1, -0.05) is 35.9 Å². The highest BCUT2D eigenvalue weighted by Crippen LogP contribution is 2.24. The van der Waals surface area contributed by atoms with Crippen molar-refractivity contribution in [2.45, 2.75) is 13.8 Å². The highest BCUT2D eigenvalue weighted by molar-refractivity contribution is 5.92. The maximum Gasteiger partial charge on any atom is 0.0708 e. The number of fused-ring (bicyclic) bond motifs is 1. The van der Waals surface area contributed by atoms with E-state index in [1.54, 1.807) is 0 Å². The lowest BCUT2D eigenvalue weighted by molar-refractivity contribution is 1.13. The highest BCUT2D eigenvalue weighted by Gasteiger charge is 2.04. The molecule has 116 valence electrons. The largest absolute Gasteiger partial charge is 0.378 e. The normalized spacial score (nSPS) is 11.3. The standard InChI is InChI=1S/C21H22N2/c1-15-5-12-21-20(13-15)19(16(2)14-22-21)11-8-17-6-9-18(10-7-17)23(3)4/h5-14H,1-4H3/b11-8+. The topological polar surface area (TPSA) is 16.1 Å². The van der Waals surface area contributed by atoms with E-state index in [2.05, 4.69) is 92.4 Å². The van der Waals surface area contributed by atoms with E-state index in [4.69, 9.17) is 0 Å². The van der Waals surface area contributed by atoms with Gasteiger partial charge in [0.1, 0.15) is 0 Å². The Morgan fingerprint density at radius 1 is 0.913 bits per heavy atom. The van der Waals surface area contributed by atoms with Gasteiger partial charge >= 0.3 is 0 Å². The number of anilines is 1. The minimum Gasteiger partial charge on any atom is -0.378 e. The summed E-state index contributed by atoms with van der Waals surface area (Å²) in [4.78, 5) is 6.64. The highest BCUT2D eigenvalue weighted by atomic mass is 15.1. The summed E-state index contributed by atoms with van der Waals surface area (Å²) in [5, 5.41) is 1.21. The van der Waals surface area contributed by atoms with Crippen molar-refractivity contribution in [3.63, 3.8) is 0 Å². The quantitative estimate of drug-likeness (QED) is 0.670. The van der Waals surface area contributed by atoms with Gasteiger partial charge in [0.25, 0.3) is 0 Å². The van der Waals surface area contributed by atoms with E-state index < -0.39 is 0 Å². The van der Waals surface area contributed by atoms with Gasteiger partial charge in [-0.2, -0.15) is 0 Å². The summed E-state index contributed by atoms with van der Waals surface area (Å²) in [7, 11) is 4.11. The zero-order valence-electron chi connectivity index (χ0n) is 14.2. The molecule has 0 spiro atoms. The number of hydrogen-bond donors (Lipinski definition) is 0. The number of aromatic nitrogens is 1. The Balaban J connectivity index is 2.00. The monoisotopic (exact) mass is 302 g/mol. The predicted octanol–water partition coefficient (Wildman–Crippen LogP) is 5.09. The Bertz CT molecular complexity index is 854. The molecule has 0 amide bonds. The van der Waals surface area contributed by atoms with Gasteiger partial charge in [0, 0.05) is 31.4 Å². The first-order chi connectivity index (χ1) is 11.0. The Morgan fingerprint density at radius 2 is 1.65 bits per heavy atom. The van der Waals surface area contributed by atoms with Crippen LogP contribution in [-0.4, -0.2) is 19.1 Å². The first-order valence-electron chi connectivity index (χ1n) is 7.86. The van der Waals surface area contributed by atoms with Crippen molar-refractivity contribution >= 4 is 28.7 Å². The average molecular weight is 302 g/mol. The molecule has 0 fully saturated rings. The molecule has 2 aromatic carbocycles. The maximum absolute atomic E-state index is 4.53. The van der Waals surface area contributed by atoms with Crippen LogP contribution in [0.2, 0.25) is 0 Å². The molecular formula is C21H22N2. The van der Waals surface area contributed by atoms with Gasteiger partial charge in [0.15, 0.2) is 0 Å². The molecule has 3 aromatic rings. The van der Waals surface area contributed by atoms with Crippen LogP contribution < -0.4 is 4.90 Å². The molecule has 1 aromatic heterocycles. The van der Waals surface area contributed by atoms with Gasteiger partial charge in [-0.3, -0.25) is 4.98 Å². The molecule has 0 bridgehead atoms. The lowest BCUT2D eigenvalue weighted by Gasteiger charge is -2.12. The van der Waals surface area contributed by atoms with Crippen molar-refractivity contribution in [3.05, 3.63) is 70.9 Å². The molecule has 0 saturated carbocycles. The SMILES string of the molecule is Cc1ccc2ncc(C)c(/C=C/c3ccc(N(C)C)cc3)c2c1. The second-order valence-corrected chi connectivity index (χ2v) is 6.19. The van der Waals surface area contributed by atoms with Crippen molar-refractivity contribution in [1.29, 1.82) is 0 Å². The Labute approximate surface area is 138 Å². The molecule has 0 aliphatic rings. The van der Waals surface area contributed by atoms with Gasteiger partial charge < -0.3 is 4.90 Å². The van der Waals surface area contributed by atoms with Crippen molar-refractivity contribution in [1.82, 2.24) is 4.98 Å². The van der Waals surface area contributed by atoms with Crippen molar-refractivity contribution in [2.75, 3.05) is 19.0 Å². The zero-order chi connectivity index (χ0) is 16.4. The lowest BCUT2D eigenvalue weighted by Crippen LogP contribution is -2.07. The maximum atomic E-state index is 4.53. The molecule has 0 aliphatic heterocycles. The van der Waals surface area contributed by atoms with E-state index >= 15 is 0 Å². The fraction of sp³-hybridized carbons (Fsp3) is 0.190. The van der Waals surface area contributed by atoms with Crippen LogP contribution in [0.25, 0.3) is 23.1 Å². The van der Waals surface area contributed by atoms with Crippen molar-refractivity contribution in [3.8, 4) is 0 Å².